The highest BCUT2D eigenvalue weighted by molar-refractivity contribution is 8.07. The summed E-state index contributed by atoms with van der Waals surface area (Å²) in [6.45, 7) is 47.4. The summed E-state index contributed by atoms with van der Waals surface area (Å²) in [4.78, 5) is 124. The van der Waals surface area contributed by atoms with Crippen LogP contribution in [0.3, 0.4) is 0 Å². The van der Waals surface area contributed by atoms with Crippen molar-refractivity contribution in [3.05, 3.63) is 131 Å². The third-order valence-electron chi connectivity index (χ3n) is 15.5. The lowest BCUT2D eigenvalue weighted by Gasteiger charge is -2.31. The van der Waals surface area contributed by atoms with E-state index in [1.807, 2.05) is 62.3 Å². The van der Waals surface area contributed by atoms with E-state index in [1.54, 1.807) is 61.6 Å². The minimum atomic E-state index is -4.34. The van der Waals surface area contributed by atoms with Crippen LogP contribution in [0, 0.1) is 35.5 Å². The van der Waals surface area contributed by atoms with Crippen LogP contribution in [0.1, 0.15) is 254 Å². The van der Waals surface area contributed by atoms with Gasteiger partial charge in [0.05, 0.1) is 71.2 Å². The second-order valence-corrected chi connectivity index (χ2v) is 39.7. The van der Waals surface area contributed by atoms with Gasteiger partial charge in [-0.1, -0.05) is 83.1 Å². The fraction of sp³-hybridized carbons (Fsp3) is 0.771. The molecule has 32 heteroatoms. The molecule has 4 fully saturated rings. The van der Waals surface area contributed by atoms with Gasteiger partial charge in [0.15, 0.2) is 0 Å². The van der Waals surface area contributed by atoms with Gasteiger partial charge in [-0.15, -0.1) is 0 Å². The van der Waals surface area contributed by atoms with E-state index in [0.717, 1.165) is 12.8 Å². The van der Waals surface area contributed by atoms with Gasteiger partial charge in [-0.3, -0.25) is 66.4 Å². The van der Waals surface area contributed by atoms with Crippen molar-refractivity contribution in [2.24, 2.45) is 21.7 Å². The molecule has 8 heterocycles. The Balaban J connectivity index is 0.000000245. The molecule has 102 heavy (non-hydrogen) atoms. The summed E-state index contributed by atoms with van der Waals surface area (Å²) in [7, 11) is -4.34. The number of rotatable bonds is 16. The van der Waals surface area contributed by atoms with Crippen molar-refractivity contribution in [1.82, 2.24) is 38.2 Å². The van der Waals surface area contributed by atoms with E-state index in [2.05, 4.69) is 82.2 Å². The minimum absolute atomic E-state index is 0.0694. The number of ether oxygens (including phenoxy) is 6. The molecule has 8 rings (SSSR count). The number of hydrogen-bond donors (Lipinski definition) is 6. The number of H-pyrrole nitrogens is 4. The summed E-state index contributed by atoms with van der Waals surface area (Å²) in [6, 6.07) is 2.60. The van der Waals surface area contributed by atoms with Crippen LogP contribution in [-0.2, 0) is 62.9 Å². The summed E-state index contributed by atoms with van der Waals surface area (Å²) >= 11 is 5.17. The molecule has 0 amide bonds. The summed E-state index contributed by atoms with van der Waals surface area (Å²) in [5.41, 5.74) is -5.02. The molecular formula is C70H118N8O21P2S. The van der Waals surface area contributed by atoms with Crippen LogP contribution >= 0.6 is 14.5 Å². The highest BCUT2D eigenvalue weighted by atomic mass is 32.5. The molecule has 4 aliphatic rings. The maximum atomic E-state index is 12.4. The van der Waals surface area contributed by atoms with E-state index in [0.29, 0.717) is 43.2 Å². The molecule has 4 aliphatic heterocycles. The first-order chi connectivity index (χ1) is 46.0. The molecule has 0 aliphatic carbocycles. The Morgan fingerprint density at radius 2 is 0.696 bits per heavy atom. The van der Waals surface area contributed by atoms with Crippen LogP contribution < -0.4 is 45.0 Å². The van der Waals surface area contributed by atoms with Crippen molar-refractivity contribution in [3.8, 4) is 0 Å². The van der Waals surface area contributed by atoms with Gasteiger partial charge in [0.25, 0.3) is 22.2 Å². The molecule has 2 unspecified atom stereocenters. The molecule has 4 aromatic rings. The second-order valence-electron chi connectivity index (χ2n) is 35.7. The van der Waals surface area contributed by atoms with E-state index in [9.17, 15) is 52.7 Å². The van der Waals surface area contributed by atoms with Gasteiger partial charge < -0.3 is 47.3 Å². The Labute approximate surface area is 603 Å². The van der Waals surface area contributed by atoms with Crippen molar-refractivity contribution in [2.75, 3.05) is 0 Å². The summed E-state index contributed by atoms with van der Waals surface area (Å²) in [6.07, 6.45) is 5.64. The number of phosphoric acid groups is 1. The molecule has 6 N–H and O–H groups in total. The summed E-state index contributed by atoms with van der Waals surface area (Å²) in [5, 5.41) is 0. The van der Waals surface area contributed by atoms with Crippen molar-refractivity contribution >= 4 is 26.3 Å². The van der Waals surface area contributed by atoms with Crippen LogP contribution in [0.2, 0.25) is 0 Å². The van der Waals surface area contributed by atoms with Gasteiger partial charge in [0.2, 0.25) is 0 Å². The first kappa shape index (κ1) is 87.8. The second kappa shape index (κ2) is 33.5. The van der Waals surface area contributed by atoms with E-state index in [-0.39, 0.29) is 75.4 Å². The number of aromatic amines is 4. The van der Waals surface area contributed by atoms with Crippen LogP contribution in [0.15, 0.2) is 75.3 Å². The Kier molecular flexibility index (Phi) is 28.8. The summed E-state index contributed by atoms with van der Waals surface area (Å²) in [5.74, 6) is 0. The van der Waals surface area contributed by atoms with Crippen LogP contribution in [0.4, 0.5) is 0 Å². The third kappa shape index (κ3) is 29.5. The van der Waals surface area contributed by atoms with Gasteiger partial charge >= 0.3 is 37.3 Å². The van der Waals surface area contributed by atoms with E-state index in [4.69, 9.17) is 58.3 Å². The van der Waals surface area contributed by atoms with Gasteiger partial charge in [0.1, 0.15) is 24.9 Å². The van der Waals surface area contributed by atoms with Crippen LogP contribution in [0.5, 0.6) is 0 Å². The first-order valence-corrected chi connectivity index (χ1v) is 38.8. The lowest BCUT2D eigenvalue weighted by Crippen LogP contribution is -2.35. The molecule has 0 radical (unpaired) electrons. The number of nitrogens with one attached hydrogen (secondary N) is 4. The predicted molar refractivity (Wildman–Crippen MR) is 392 cm³/mol. The molecule has 0 spiro atoms. The van der Waals surface area contributed by atoms with Crippen LogP contribution in [0.25, 0.3) is 0 Å². The number of aromatic nitrogens is 8. The zero-order valence-corrected chi connectivity index (χ0v) is 67.4. The molecule has 580 valence electrons. The first-order valence-electron chi connectivity index (χ1n) is 34.7. The fourth-order valence-corrected chi connectivity index (χ4v) is 15.6. The molecule has 4 aromatic heterocycles. The van der Waals surface area contributed by atoms with E-state index >= 15 is 0 Å². The zero-order valence-electron chi connectivity index (χ0n) is 64.8. The maximum absolute atomic E-state index is 12.4. The average molecular weight is 1500 g/mol. The Hall–Kier alpha value is -4.88. The fourth-order valence-electron chi connectivity index (χ4n) is 12.0. The molecule has 0 saturated carbocycles. The monoisotopic (exact) mass is 1500 g/mol. The maximum Gasteiger partial charge on any atom is 0.473 e. The number of aryl methyl sites for hydroxylation is 2. The van der Waals surface area contributed by atoms with Crippen molar-refractivity contribution in [3.63, 3.8) is 0 Å². The number of nitrogens with zero attached hydrogens (tertiary/aromatic N) is 4. The molecule has 0 aromatic carbocycles. The zero-order chi connectivity index (χ0) is 77.8. The average Bonchev–Trinajstić information content (AvgIpc) is 1.67. The molecule has 4 saturated heterocycles. The van der Waals surface area contributed by atoms with Crippen molar-refractivity contribution in [2.45, 2.75) is 328 Å². The van der Waals surface area contributed by atoms with Gasteiger partial charge in [0, 0.05) is 73.7 Å². The third-order valence-corrected chi connectivity index (χ3v) is 18.6. The van der Waals surface area contributed by atoms with Crippen molar-refractivity contribution in [1.29, 1.82) is 0 Å². The standard InChI is InChI=1S/C18H31N2O7P.C18H30N2O4.C17H29N2O6PS.C17H28N2O4/c1-11-10-20(16(22)19-15(11)21)14-8-12(13(25-14)9-17(2,3)4)26-28(23,24)27-18(5,6)7;1-11-10-20(16(22)19-15(11)21)14-8-12(24-18(5,6)7)13(23-14)9-17(2,3)4;1-16(2,3)10-12-11(24-26(22,27)25-17(4,5)6)9-14(23-12)19-8-7-13(20)18-15(19)21;1-16(2,3)10-12-11(23-17(4,5)6)9-14(22-12)19-8-7-13(20)18-15(19)21/h10,12-14H,8-9H2,1-7H3,(H,23,24)(H,19,21,22);10,12-14H,8-9H2,1-7H3,(H,19,21,22);7-8,11-12,14H,9-10H2,1-6H3,(H,22,27)(H,18,20,21);7-8,11-12,14H,9-10H2,1-6H3,(H,18,20,21)/t2*12-,13-,14-;11-,12-,14-,26?;11-,12-,14-/m1111/s1. The predicted octanol–water partition coefficient (Wildman–Crippen LogP) is 10.7. The molecule has 0 bridgehead atoms. The largest absolute Gasteiger partial charge is 0.473 e. The van der Waals surface area contributed by atoms with E-state index < -0.39 is 108 Å². The normalized spacial score (nSPS) is 25.7. The van der Waals surface area contributed by atoms with Gasteiger partial charge in [-0.05, 0) is 156 Å². The highest BCUT2D eigenvalue weighted by Crippen LogP contribution is 2.54. The molecular weight excluding hydrogens is 1380 g/mol. The molecule has 29 nitrogen and oxygen atoms in total. The number of phosphoric ester groups is 1. The quantitative estimate of drug-likeness (QED) is 0.0568. The lowest BCUT2D eigenvalue weighted by molar-refractivity contribution is -0.102. The number of hydrogen-bond acceptors (Lipinski definition) is 20. The SMILES string of the molecule is CC(C)(C)C[C@H]1O[C@@H](n2ccc(=O)[nH]c2=O)C[C@H]1OC(C)(C)C.CC(C)(C)C[C@H]1O[C@@H](n2ccc(=O)[nH]c2=O)C[C@H]1OP(O)(=S)OC(C)(C)C.Cc1cn([C@H]2C[C@@H](OC(C)(C)C)[C@@H](CC(C)(C)C)O2)c(=O)[nH]c1=O.Cc1cn([C@H]2C[C@@H](OP(=O)(O)OC(C)(C)C)[C@@H](CC(C)(C)C)O2)c(=O)[nH]c1=O. The summed E-state index contributed by atoms with van der Waals surface area (Å²) < 4.78 is 76.6. The Morgan fingerprint density at radius 3 is 0.980 bits per heavy atom. The van der Waals surface area contributed by atoms with Crippen LogP contribution in [-0.4, -0.2) is 119 Å². The lowest BCUT2D eigenvalue weighted by atomic mass is 9.87. The van der Waals surface area contributed by atoms with Crippen molar-refractivity contribution < 1.29 is 60.9 Å². The van der Waals surface area contributed by atoms with Gasteiger partial charge in [-0.2, -0.15) is 0 Å². The highest BCUT2D eigenvalue weighted by Gasteiger charge is 2.47. The van der Waals surface area contributed by atoms with Gasteiger partial charge in [-0.25, -0.2) is 23.7 Å². The Morgan fingerprint density at radius 1 is 0.422 bits per heavy atom. The topological polar surface area (TPSA) is 369 Å². The Bertz CT molecular complexity index is 4010. The minimum Gasteiger partial charge on any atom is -0.370 e. The smallest absolute Gasteiger partial charge is 0.370 e. The molecule has 14 atom stereocenters. The van der Waals surface area contributed by atoms with E-state index in [1.165, 1.54) is 49.0 Å².